The van der Waals surface area contributed by atoms with Crippen LogP contribution in [0.25, 0.3) is 11.1 Å². The summed E-state index contributed by atoms with van der Waals surface area (Å²) >= 11 is 1.16. The molecule has 1 saturated heterocycles. The Morgan fingerprint density at radius 2 is 2.08 bits per heavy atom. The summed E-state index contributed by atoms with van der Waals surface area (Å²) in [5.74, 6) is 0.303. The summed E-state index contributed by atoms with van der Waals surface area (Å²) in [6.45, 7) is 2.91. The standard InChI is InChI=1S/C17H20N2O4S/c1-11(17(21)22)24-10-15(20)19-8-6-12(7-9-19)16-18-13-4-2-3-5-14(13)23-16/h2-5,11-12H,6-10H2,1H3,(H,21,22). The number of likely N-dealkylation sites (tertiary alicyclic amines) is 1. The van der Waals surface area contributed by atoms with Gasteiger partial charge in [-0.15, -0.1) is 11.8 Å². The summed E-state index contributed by atoms with van der Waals surface area (Å²) in [5.41, 5.74) is 1.66. The van der Waals surface area contributed by atoms with Crippen molar-refractivity contribution in [2.45, 2.75) is 30.9 Å². The molecule has 0 spiro atoms. The van der Waals surface area contributed by atoms with Gasteiger partial charge >= 0.3 is 5.97 Å². The van der Waals surface area contributed by atoms with Gasteiger partial charge in [-0.25, -0.2) is 4.98 Å². The van der Waals surface area contributed by atoms with Crippen molar-refractivity contribution in [3.63, 3.8) is 0 Å². The smallest absolute Gasteiger partial charge is 0.316 e. The molecule has 0 bridgehead atoms. The van der Waals surface area contributed by atoms with E-state index in [0.717, 1.165) is 41.6 Å². The molecule has 0 aliphatic carbocycles. The van der Waals surface area contributed by atoms with Gasteiger partial charge in [-0.2, -0.15) is 0 Å². The molecule has 24 heavy (non-hydrogen) atoms. The topological polar surface area (TPSA) is 83.6 Å². The lowest BCUT2D eigenvalue weighted by atomic mass is 9.97. The lowest BCUT2D eigenvalue weighted by Gasteiger charge is -2.30. The van der Waals surface area contributed by atoms with Crippen LogP contribution in [0.4, 0.5) is 0 Å². The molecule has 7 heteroatoms. The van der Waals surface area contributed by atoms with Gasteiger partial charge in [-0.3, -0.25) is 9.59 Å². The number of nitrogens with zero attached hydrogens (tertiary/aromatic N) is 2. The predicted octanol–water partition coefficient (Wildman–Crippen LogP) is 2.74. The number of thioether (sulfide) groups is 1. The first kappa shape index (κ1) is 16.8. The van der Waals surface area contributed by atoms with Crippen LogP contribution in [0.2, 0.25) is 0 Å². The third-order valence-electron chi connectivity index (χ3n) is 4.31. The third-order valence-corrected chi connectivity index (χ3v) is 5.43. The molecule has 1 unspecified atom stereocenters. The van der Waals surface area contributed by atoms with Gasteiger partial charge in [0.15, 0.2) is 11.5 Å². The molecule has 1 fully saturated rings. The number of amides is 1. The minimum Gasteiger partial charge on any atom is -0.480 e. The number of fused-ring (bicyclic) bond motifs is 1. The molecule has 1 atom stereocenters. The fourth-order valence-electron chi connectivity index (χ4n) is 2.80. The number of oxazole rings is 1. The maximum Gasteiger partial charge on any atom is 0.316 e. The van der Waals surface area contributed by atoms with Crippen molar-refractivity contribution in [1.82, 2.24) is 9.88 Å². The molecule has 0 saturated carbocycles. The van der Waals surface area contributed by atoms with Gasteiger partial charge in [0.25, 0.3) is 0 Å². The Morgan fingerprint density at radius 3 is 2.75 bits per heavy atom. The highest BCUT2D eigenvalue weighted by molar-refractivity contribution is 8.01. The van der Waals surface area contributed by atoms with Gasteiger partial charge in [0.2, 0.25) is 5.91 Å². The number of carbonyl (C=O) groups excluding carboxylic acids is 1. The van der Waals surface area contributed by atoms with E-state index in [0.29, 0.717) is 13.1 Å². The lowest BCUT2D eigenvalue weighted by Crippen LogP contribution is -2.39. The molecule has 128 valence electrons. The highest BCUT2D eigenvalue weighted by Gasteiger charge is 2.27. The number of piperidine rings is 1. The van der Waals surface area contributed by atoms with Crippen LogP contribution in [0.3, 0.4) is 0 Å². The largest absolute Gasteiger partial charge is 0.480 e. The molecular formula is C17H20N2O4S. The van der Waals surface area contributed by atoms with Crippen molar-refractivity contribution in [2.75, 3.05) is 18.8 Å². The Morgan fingerprint density at radius 1 is 1.38 bits per heavy atom. The fraction of sp³-hybridized carbons (Fsp3) is 0.471. The zero-order valence-corrected chi connectivity index (χ0v) is 14.3. The van der Waals surface area contributed by atoms with E-state index in [1.54, 1.807) is 11.8 Å². The average Bonchev–Trinajstić information content (AvgIpc) is 3.03. The highest BCUT2D eigenvalue weighted by atomic mass is 32.2. The maximum atomic E-state index is 12.2. The van der Waals surface area contributed by atoms with Crippen molar-refractivity contribution in [1.29, 1.82) is 0 Å². The molecule has 6 nitrogen and oxygen atoms in total. The second-order valence-electron chi connectivity index (χ2n) is 5.97. The van der Waals surface area contributed by atoms with E-state index in [2.05, 4.69) is 4.98 Å². The van der Waals surface area contributed by atoms with Gasteiger partial charge in [-0.1, -0.05) is 12.1 Å². The van der Waals surface area contributed by atoms with E-state index in [4.69, 9.17) is 9.52 Å². The number of benzene rings is 1. The third kappa shape index (κ3) is 3.72. The lowest BCUT2D eigenvalue weighted by molar-refractivity contribution is -0.136. The molecule has 1 aliphatic heterocycles. The number of carbonyl (C=O) groups is 2. The molecule has 2 heterocycles. The zero-order chi connectivity index (χ0) is 17.1. The van der Waals surface area contributed by atoms with Crippen LogP contribution in [0, 0.1) is 0 Å². The number of rotatable bonds is 5. The summed E-state index contributed by atoms with van der Waals surface area (Å²) in [6, 6.07) is 7.70. The van der Waals surface area contributed by atoms with E-state index >= 15 is 0 Å². The Hall–Kier alpha value is -2.02. The summed E-state index contributed by atoms with van der Waals surface area (Å²) in [5, 5.41) is 8.30. The molecule has 1 aromatic carbocycles. The Labute approximate surface area is 144 Å². The first-order valence-corrected chi connectivity index (χ1v) is 9.07. The molecular weight excluding hydrogens is 328 g/mol. The number of carboxylic acid groups (broad SMARTS) is 1. The van der Waals surface area contributed by atoms with E-state index in [1.807, 2.05) is 24.3 Å². The van der Waals surface area contributed by atoms with Crippen LogP contribution >= 0.6 is 11.8 Å². The van der Waals surface area contributed by atoms with Gasteiger partial charge in [0.1, 0.15) is 5.52 Å². The molecule has 1 aliphatic rings. The molecule has 1 N–H and O–H groups in total. The van der Waals surface area contributed by atoms with Crippen molar-refractivity contribution in [2.24, 2.45) is 0 Å². The number of carboxylic acids is 1. The average molecular weight is 348 g/mol. The van der Waals surface area contributed by atoms with Gasteiger partial charge in [0.05, 0.1) is 11.0 Å². The quantitative estimate of drug-likeness (QED) is 0.894. The van der Waals surface area contributed by atoms with E-state index in [-0.39, 0.29) is 17.6 Å². The van der Waals surface area contributed by atoms with Gasteiger partial charge < -0.3 is 14.4 Å². The SMILES string of the molecule is CC(SCC(=O)N1CCC(c2nc3ccccc3o2)CC1)C(=O)O. The van der Waals surface area contributed by atoms with Crippen molar-refractivity contribution in [3.05, 3.63) is 30.2 Å². The van der Waals surface area contributed by atoms with Crippen molar-refractivity contribution in [3.8, 4) is 0 Å². The molecule has 1 amide bonds. The van der Waals surface area contributed by atoms with Gasteiger partial charge in [-0.05, 0) is 31.9 Å². The first-order valence-electron chi connectivity index (χ1n) is 8.02. The first-order chi connectivity index (χ1) is 11.5. The minimum atomic E-state index is -0.887. The Bertz CT molecular complexity index is 704. The summed E-state index contributed by atoms with van der Waals surface area (Å²) in [7, 11) is 0. The van der Waals surface area contributed by atoms with Crippen molar-refractivity contribution < 1.29 is 19.1 Å². The summed E-state index contributed by atoms with van der Waals surface area (Å²) in [6.07, 6.45) is 1.63. The van der Waals surface area contributed by atoms with Crippen LogP contribution < -0.4 is 0 Å². The maximum absolute atomic E-state index is 12.2. The summed E-state index contributed by atoms with van der Waals surface area (Å²) < 4.78 is 5.82. The van der Waals surface area contributed by atoms with E-state index < -0.39 is 11.2 Å². The Kier molecular flexibility index (Phi) is 5.08. The number of para-hydroxylation sites is 2. The minimum absolute atomic E-state index is 0.00381. The number of aromatic nitrogens is 1. The molecule has 0 radical (unpaired) electrons. The predicted molar refractivity (Wildman–Crippen MR) is 92.1 cm³/mol. The van der Waals surface area contributed by atoms with Crippen LogP contribution in [-0.4, -0.2) is 51.0 Å². The highest BCUT2D eigenvalue weighted by Crippen LogP contribution is 2.30. The monoisotopic (exact) mass is 348 g/mol. The number of hydrogen-bond acceptors (Lipinski definition) is 5. The molecule has 3 rings (SSSR count). The van der Waals surface area contributed by atoms with Crippen LogP contribution in [0.15, 0.2) is 28.7 Å². The second kappa shape index (κ2) is 7.25. The van der Waals surface area contributed by atoms with Crippen LogP contribution in [0.1, 0.15) is 31.6 Å². The van der Waals surface area contributed by atoms with E-state index in [1.165, 1.54) is 0 Å². The summed E-state index contributed by atoms with van der Waals surface area (Å²) in [4.78, 5) is 29.3. The zero-order valence-electron chi connectivity index (χ0n) is 13.5. The Balaban J connectivity index is 1.53. The molecule has 1 aromatic heterocycles. The normalized spacial score (nSPS) is 17.1. The van der Waals surface area contributed by atoms with Crippen LogP contribution in [0.5, 0.6) is 0 Å². The number of hydrogen-bond donors (Lipinski definition) is 1. The van der Waals surface area contributed by atoms with E-state index in [9.17, 15) is 9.59 Å². The van der Waals surface area contributed by atoms with Crippen molar-refractivity contribution >= 4 is 34.7 Å². The number of aliphatic carboxylic acids is 1. The van der Waals surface area contributed by atoms with Crippen LogP contribution in [-0.2, 0) is 9.59 Å². The van der Waals surface area contributed by atoms with Gasteiger partial charge in [0, 0.05) is 19.0 Å². The molecule has 2 aromatic rings. The fourth-order valence-corrected chi connectivity index (χ4v) is 3.52. The second-order valence-corrected chi connectivity index (χ2v) is 7.30.